The lowest BCUT2D eigenvalue weighted by atomic mass is 10.2. The first-order valence-electron chi connectivity index (χ1n) is 9.05. The van der Waals surface area contributed by atoms with Crippen LogP contribution in [-0.2, 0) is 10.0 Å². The van der Waals surface area contributed by atoms with Gasteiger partial charge in [0.1, 0.15) is 6.07 Å². The number of anilines is 2. The van der Waals surface area contributed by atoms with Crippen LogP contribution in [0.25, 0.3) is 0 Å². The van der Waals surface area contributed by atoms with Crippen LogP contribution in [0.5, 0.6) is 0 Å². The van der Waals surface area contributed by atoms with Crippen molar-refractivity contribution in [3.8, 4) is 6.07 Å². The Kier molecular flexibility index (Phi) is 6.40. The Morgan fingerprint density at radius 2 is 1.73 bits per heavy atom. The number of carbonyl (C=O) groups excluding carboxylic acids is 1. The van der Waals surface area contributed by atoms with E-state index in [4.69, 9.17) is 16.9 Å². The average Bonchev–Trinajstić information content (AvgIpc) is 2.75. The smallest absolute Gasteiger partial charge is 0.264 e. The molecular formula is C22H18ClN3O3S. The molecule has 0 aliphatic rings. The molecule has 0 unspecified atom stereocenters. The molecule has 8 heteroatoms. The average molecular weight is 440 g/mol. The second-order valence-corrected chi connectivity index (χ2v) is 8.56. The molecule has 0 radical (unpaired) electrons. The predicted molar refractivity (Wildman–Crippen MR) is 117 cm³/mol. The molecule has 152 valence electrons. The summed E-state index contributed by atoms with van der Waals surface area (Å²) < 4.78 is 27.3. The van der Waals surface area contributed by atoms with Crippen molar-refractivity contribution in [3.05, 3.63) is 88.9 Å². The number of nitriles is 1. The highest BCUT2D eigenvalue weighted by atomic mass is 35.5. The first-order valence-corrected chi connectivity index (χ1v) is 10.9. The summed E-state index contributed by atoms with van der Waals surface area (Å²) in [5.41, 5.74) is 1.60. The third kappa shape index (κ3) is 4.46. The van der Waals surface area contributed by atoms with E-state index in [0.29, 0.717) is 16.9 Å². The summed E-state index contributed by atoms with van der Waals surface area (Å²) in [5, 5.41) is 11.8. The number of nitrogens with zero attached hydrogens (tertiary/aromatic N) is 2. The van der Waals surface area contributed by atoms with Gasteiger partial charge in [-0.25, -0.2) is 8.42 Å². The van der Waals surface area contributed by atoms with Crippen molar-refractivity contribution < 1.29 is 13.2 Å². The van der Waals surface area contributed by atoms with Gasteiger partial charge >= 0.3 is 0 Å². The Hall–Kier alpha value is -3.34. The van der Waals surface area contributed by atoms with Gasteiger partial charge in [-0.05, 0) is 61.5 Å². The highest BCUT2D eigenvalue weighted by Gasteiger charge is 2.23. The monoisotopic (exact) mass is 439 g/mol. The Balaban J connectivity index is 1.81. The van der Waals surface area contributed by atoms with Gasteiger partial charge in [0.2, 0.25) is 0 Å². The normalized spacial score (nSPS) is 10.8. The van der Waals surface area contributed by atoms with E-state index in [0.717, 1.165) is 0 Å². The highest BCUT2D eigenvalue weighted by molar-refractivity contribution is 7.92. The molecular weight excluding hydrogens is 422 g/mol. The fraction of sp³-hybridized carbons (Fsp3) is 0.0909. The first kappa shape index (κ1) is 21.4. The van der Waals surface area contributed by atoms with Gasteiger partial charge in [0, 0.05) is 17.8 Å². The van der Waals surface area contributed by atoms with Crippen LogP contribution in [0.4, 0.5) is 11.4 Å². The highest BCUT2D eigenvalue weighted by Crippen LogP contribution is 2.24. The number of amides is 1. The van der Waals surface area contributed by atoms with Gasteiger partial charge in [-0.15, -0.1) is 0 Å². The van der Waals surface area contributed by atoms with E-state index in [1.807, 2.05) is 12.1 Å². The van der Waals surface area contributed by atoms with Crippen molar-refractivity contribution in [3.63, 3.8) is 0 Å². The maximum Gasteiger partial charge on any atom is 0.264 e. The Bertz CT molecular complexity index is 1200. The number of hydrogen-bond acceptors (Lipinski definition) is 4. The fourth-order valence-corrected chi connectivity index (χ4v) is 4.57. The van der Waals surface area contributed by atoms with Crippen molar-refractivity contribution in [2.24, 2.45) is 0 Å². The SMILES string of the molecule is CCN(c1ccccc1)S(=O)(=O)c1ccc(C(=O)Nc2ccc(C#N)c(Cl)c2)cc1. The van der Waals surface area contributed by atoms with Crippen LogP contribution >= 0.6 is 11.6 Å². The number of nitrogens with one attached hydrogen (secondary N) is 1. The molecule has 0 bridgehead atoms. The van der Waals surface area contributed by atoms with E-state index in [2.05, 4.69) is 5.32 Å². The number of rotatable bonds is 6. The standard InChI is InChI=1S/C22H18ClN3O3S/c1-2-26(19-6-4-3-5-7-19)30(28,29)20-12-9-16(10-13-20)22(27)25-18-11-8-17(15-24)21(23)14-18/h3-14H,2H2,1H3,(H,25,27). The largest absolute Gasteiger partial charge is 0.322 e. The molecule has 1 amide bonds. The third-order valence-electron chi connectivity index (χ3n) is 4.38. The lowest BCUT2D eigenvalue weighted by molar-refractivity contribution is 0.102. The molecule has 0 spiro atoms. The van der Waals surface area contributed by atoms with Crippen molar-refractivity contribution in [1.82, 2.24) is 0 Å². The van der Waals surface area contributed by atoms with E-state index in [-0.39, 0.29) is 22.0 Å². The number of carbonyl (C=O) groups is 1. The number of hydrogen-bond donors (Lipinski definition) is 1. The van der Waals surface area contributed by atoms with Gasteiger partial charge in [0.25, 0.3) is 15.9 Å². The van der Waals surface area contributed by atoms with Gasteiger partial charge in [-0.3, -0.25) is 9.10 Å². The summed E-state index contributed by atoms with van der Waals surface area (Å²) in [6.45, 7) is 2.03. The minimum Gasteiger partial charge on any atom is -0.322 e. The molecule has 0 saturated carbocycles. The van der Waals surface area contributed by atoms with E-state index in [1.54, 1.807) is 37.3 Å². The molecule has 3 rings (SSSR count). The molecule has 3 aromatic rings. The Labute approximate surface area is 180 Å². The fourth-order valence-electron chi connectivity index (χ4n) is 2.88. The van der Waals surface area contributed by atoms with E-state index in [9.17, 15) is 13.2 Å². The zero-order chi connectivity index (χ0) is 21.7. The molecule has 3 aromatic carbocycles. The maximum absolute atomic E-state index is 13.0. The van der Waals surface area contributed by atoms with Crippen LogP contribution in [0.3, 0.4) is 0 Å². The van der Waals surface area contributed by atoms with Gasteiger partial charge in [0.15, 0.2) is 0 Å². The third-order valence-corrected chi connectivity index (χ3v) is 6.61. The molecule has 0 saturated heterocycles. The molecule has 6 nitrogen and oxygen atoms in total. The molecule has 0 atom stereocenters. The molecule has 30 heavy (non-hydrogen) atoms. The van der Waals surface area contributed by atoms with Crippen LogP contribution < -0.4 is 9.62 Å². The lowest BCUT2D eigenvalue weighted by Gasteiger charge is -2.23. The topological polar surface area (TPSA) is 90.3 Å². The summed E-state index contributed by atoms with van der Waals surface area (Å²) in [5.74, 6) is -0.421. The van der Waals surface area contributed by atoms with Crippen molar-refractivity contribution in [2.45, 2.75) is 11.8 Å². The predicted octanol–water partition coefficient (Wildman–Crippen LogP) is 4.68. The van der Waals surface area contributed by atoms with Gasteiger partial charge in [-0.2, -0.15) is 5.26 Å². The van der Waals surface area contributed by atoms with Crippen LogP contribution in [0.15, 0.2) is 77.7 Å². The minimum atomic E-state index is -3.77. The van der Waals surface area contributed by atoms with E-state index < -0.39 is 15.9 Å². The van der Waals surface area contributed by atoms with Gasteiger partial charge in [-0.1, -0.05) is 29.8 Å². The molecule has 1 N–H and O–H groups in total. The van der Waals surface area contributed by atoms with Crippen LogP contribution in [-0.4, -0.2) is 20.9 Å². The molecule has 0 heterocycles. The number of para-hydroxylation sites is 1. The molecule has 0 aromatic heterocycles. The Morgan fingerprint density at radius 1 is 1.07 bits per heavy atom. The number of sulfonamides is 1. The maximum atomic E-state index is 13.0. The van der Waals surface area contributed by atoms with E-state index >= 15 is 0 Å². The summed E-state index contributed by atoms with van der Waals surface area (Å²) in [7, 11) is -3.77. The Morgan fingerprint density at radius 3 is 2.30 bits per heavy atom. The zero-order valence-electron chi connectivity index (χ0n) is 16.0. The lowest BCUT2D eigenvalue weighted by Crippen LogP contribution is -2.30. The number of benzene rings is 3. The van der Waals surface area contributed by atoms with Crippen molar-refractivity contribution in [2.75, 3.05) is 16.2 Å². The van der Waals surface area contributed by atoms with Gasteiger partial charge < -0.3 is 5.32 Å². The van der Waals surface area contributed by atoms with Crippen molar-refractivity contribution >= 4 is 38.9 Å². The summed E-state index contributed by atoms with van der Waals surface area (Å²) >= 11 is 5.98. The first-order chi connectivity index (χ1) is 14.4. The van der Waals surface area contributed by atoms with Crippen LogP contribution in [0.1, 0.15) is 22.8 Å². The van der Waals surface area contributed by atoms with Crippen LogP contribution in [0, 0.1) is 11.3 Å². The van der Waals surface area contributed by atoms with E-state index in [1.165, 1.54) is 40.7 Å². The molecule has 0 aliphatic carbocycles. The van der Waals surface area contributed by atoms with Gasteiger partial charge in [0.05, 0.1) is 21.2 Å². The summed E-state index contributed by atoms with van der Waals surface area (Å²) in [4.78, 5) is 12.6. The minimum absolute atomic E-state index is 0.0890. The second kappa shape index (κ2) is 8.99. The van der Waals surface area contributed by atoms with Crippen molar-refractivity contribution in [1.29, 1.82) is 5.26 Å². The number of halogens is 1. The summed E-state index contributed by atoms with van der Waals surface area (Å²) in [6, 6.07) is 21.0. The second-order valence-electron chi connectivity index (χ2n) is 6.29. The summed E-state index contributed by atoms with van der Waals surface area (Å²) in [6.07, 6.45) is 0. The zero-order valence-corrected chi connectivity index (χ0v) is 17.6. The van der Waals surface area contributed by atoms with Crippen LogP contribution in [0.2, 0.25) is 5.02 Å². The molecule has 0 aliphatic heterocycles. The quantitative estimate of drug-likeness (QED) is 0.603. The molecule has 0 fully saturated rings.